The number of furan rings is 1. The lowest BCUT2D eigenvalue weighted by Gasteiger charge is -2.34. The van der Waals surface area contributed by atoms with Gasteiger partial charge in [0.15, 0.2) is 11.5 Å². The second-order valence-corrected chi connectivity index (χ2v) is 15.8. The number of aliphatic imine (C=N–C) groups is 2. The minimum Gasteiger partial charge on any atom is -0.455 e. The Balaban J connectivity index is 1.01. The molecule has 1 aromatic heterocycles. The molecule has 2 heterocycles. The van der Waals surface area contributed by atoms with Crippen molar-refractivity contribution in [3.8, 4) is 44.5 Å². The van der Waals surface area contributed by atoms with Gasteiger partial charge in [0, 0.05) is 38.4 Å². The molecule has 1 unspecified atom stereocenters. The van der Waals surface area contributed by atoms with Crippen LogP contribution in [0.3, 0.4) is 0 Å². The number of nitrogens with one attached hydrogen (secondary N) is 1. The van der Waals surface area contributed by atoms with Crippen LogP contribution in [0.1, 0.15) is 27.8 Å². The Hall–Kier alpha value is -7.82. The third-order valence-electron chi connectivity index (χ3n) is 12.4. The van der Waals surface area contributed by atoms with Gasteiger partial charge in [-0.2, -0.15) is 0 Å². The molecule has 0 fully saturated rings. The second kappa shape index (κ2) is 13.6. The number of amidine groups is 1. The summed E-state index contributed by atoms with van der Waals surface area (Å²) in [6.45, 7) is 0. The molecule has 0 amide bonds. The van der Waals surface area contributed by atoms with E-state index in [0.717, 1.165) is 78.1 Å². The summed E-state index contributed by atoms with van der Waals surface area (Å²) < 4.78 is 6.92. The highest BCUT2D eigenvalue weighted by atomic mass is 16.3. The molecule has 12 rings (SSSR count). The monoisotopic (exact) mass is 767 g/mol. The van der Waals surface area contributed by atoms with E-state index in [1.807, 2.05) is 12.4 Å². The zero-order valence-corrected chi connectivity index (χ0v) is 32.6. The van der Waals surface area contributed by atoms with Gasteiger partial charge in [0.25, 0.3) is 0 Å². The van der Waals surface area contributed by atoms with Crippen LogP contribution in [0.2, 0.25) is 0 Å². The first-order valence-electron chi connectivity index (χ1n) is 20.5. The van der Waals surface area contributed by atoms with Crippen LogP contribution in [0.4, 0.5) is 0 Å². The maximum absolute atomic E-state index is 6.92. The number of nitrogens with zero attached hydrogens (tertiary/aromatic N) is 2. The Kier molecular flexibility index (Phi) is 7.79. The summed E-state index contributed by atoms with van der Waals surface area (Å²) in [6.07, 6.45) is 2.77. The quantitative estimate of drug-likeness (QED) is 0.183. The van der Waals surface area contributed by atoms with E-state index >= 15 is 0 Å². The van der Waals surface area contributed by atoms with Gasteiger partial charge in [0.05, 0.1) is 6.34 Å². The third-order valence-corrected chi connectivity index (χ3v) is 12.4. The van der Waals surface area contributed by atoms with Gasteiger partial charge in [-0.1, -0.05) is 176 Å². The zero-order valence-electron chi connectivity index (χ0n) is 32.6. The van der Waals surface area contributed by atoms with Crippen LogP contribution in [0, 0.1) is 0 Å². The van der Waals surface area contributed by atoms with Gasteiger partial charge >= 0.3 is 0 Å². The van der Waals surface area contributed by atoms with E-state index < -0.39 is 5.66 Å². The summed E-state index contributed by atoms with van der Waals surface area (Å²) in [6, 6.07) is 71.3. The third kappa shape index (κ3) is 5.53. The summed E-state index contributed by atoms with van der Waals surface area (Å²) in [5.74, 6) is 0.636. The number of hydrogen-bond acceptors (Lipinski definition) is 4. The standard InChI is InChI=1S/C56H37N3O/c1-3-12-36(13-4-1)39-16-11-17-42(30-39)51-33-44(34-52-50-29-24-38-14-7-10-21-49(38)53(50)60-54(51)52)55-57-35-58-56(59-55,45-18-5-2-6-19-45)46-26-22-37(23-27-46)40-25-28-48-43(31-40)32-41-15-8-9-20-47(41)48/h1-31,33-35H,32H2,(H,57,58,59). The first kappa shape index (κ1) is 34.2. The van der Waals surface area contributed by atoms with Gasteiger partial charge in [0.1, 0.15) is 11.2 Å². The molecular formula is C56H37N3O. The molecule has 9 aromatic carbocycles. The van der Waals surface area contributed by atoms with E-state index in [9.17, 15) is 0 Å². The first-order chi connectivity index (χ1) is 29.7. The average molecular weight is 768 g/mol. The highest BCUT2D eigenvalue weighted by molar-refractivity contribution is 6.19. The highest BCUT2D eigenvalue weighted by Crippen LogP contribution is 2.43. The maximum atomic E-state index is 6.92. The summed E-state index contributed by atoms with van der Waals surface area (Å²) in [5.41, 5.74) is 15.9. The Morgan fingerprint density at radius 1 is 0.417 bits per heavy atom. The van der Waals surface area contributed by atoms with Gasteiger partial charge in [-0.25, -0.2) is 9.98 Å². The van der Waals surface area contributed by atoms with Gasteiger partial charge in [-0.05, 0) is 86.1 Å². The van der Waals surface area contributed by atoms with E-state index in [-0.39, 0.29) is 0 Å². The van der Waals surface area contributed by atoms with E-state index in [0.29, 0.717) is 5.84 Å². The number of benzene rings is 9. The zero-order chi connectivity index (χ0) is 39.6. The molecule has 0 spiro atoms. The van der Waals surface area contributed by atoms with Gasteiger partial charge < -0.3 is 9.73 Å². The lowest BCUT2D eigenvalue weighted by molar-refractivity contribution is 0.503. The second-order valence-electron chi connectivity index (χ2n) is 15.8. The van der Waals surface area contributed by atoms with Gasteiger partial charge in [-0.3, -0.25) is 0 Å². The van der Waals surface area contributed by atoms with E-state index in [1.165, 1.54) is 33.4 Å². The molecule has 1 aliphatic heterocycles. The molecular weight excluding hydrogens is 731 g/mol. The molecule has 1 N–H and O–H groups in total. The van der Waals surface area contributed by atoms with Crippen LogP contribution in [0.5, 0.6) is 0 Å². The minimum absolute atomic E-state index is 0.636. The van der Waals surface area contributed by atoms with Crippen molar-refractivity contribution in [2.45, 2.75) is 12.1 Å². The number of rotatable bonds is 6. The van der Waals surface area contributed by atoms with Crippen molar-refractivity contribution >= 4 is 44.9 Å². The van der Waals surface area contributed by atoms with Crippen molar-refractivity contribution in [1.29, 1.82) is 0 Å². The fourth-order valence-electron chi connectivity index (χ4n) is 9.36. The van der Waals surface area contributed by atoms with Crippen LogP contribution in [0.25, 0.3) is 77.2 Å². The molecule has 0 saturated carbocycles. The fraction of sp³-hybridized carbons (Fsp3) is 0.0357. The Labute approximate surface area is 347 Å². The summed E-state index contributed by atoms with van der Waals surface area (Å²) in [5, 5.41) is 7.94. The molecule has 0 bridgehead atoms. The molecule has 1 atom stereocenters. The molecule has 1 aliphatic carbocycles. The summed E-state index contributed by atoms with van der Waals surface area (Å²) >= 11 is 0. The highest BCUT2D eigenvalue weighted by Gasteiger charge is 2.36. The number of fused-ring (bicyclic) bond motifs is 8. The Morgan fingerprint density at radius 2 is 1.10 bits per heavy atom. The van der Waals surface area contributed by atoms with Crippen molar-refractivity contribution < 1.29 is 4.42 Å². The van der Waals surface area contributed by atoms with Crippen LogP contribution in [-0.4, -0.2) is 12.2 Å². The lowest BCUT2D eigenvalue weighted by atomic mass is 9.89. The summed E-state index contributed by atoms with van der Waals surface area (Å²) in [7, 11) is 0. The van der Waals surface area contributed by atoms with Crippen molar-refractivity contribution in [2.24, 2.45) is 9.98 Å². The van der Waals surface area contributed by atoms with Crippen LogP contribution < -0.4 is 5.32 Å². The van der Waals surface area contributed by atoms with Crippen LogP contribution >= 0.6 is 0 Å². The molecule has 4 nitrogen and oxygen atoms in total. The predicted molar refractivity (Wildman–Crippen MR) is 248 cm³/mol. The smallest absolute Gasteiger partial charge is 0.184 e. The molecule has 60 heavy (non-hydrogen) atoms. The largest absolute Gasteiger partial charge is 0.455 e. The SMILES string of the molecule is C1=NC(c2cc(-c3cccc(-c4ccccc4)c3)c3oc4c5ccccc5ccc4c3c2)=NC(c2ccccc2)(c2ccc(-c3ccc4c(c3)Cc3ccccc3-4)cc2)N1. The first-order valence-corrected chi connectivity index (χ1v) is 20.5. The van der Waals surface area contributed by atoms with Gasteiger partial charge in [0.2, 0.25) is 0 Å². The predicted octanol–water partition coefficient (Wildman–Crippen LogP) is 13.6. The molecule has 4 heteroatoms. The van der Waals surface area contributed by atoms with Crippen LogP contribution in [-0.2, 0) is 12.1 Å². The topological polar surface area (TPSA) is 49.9 Å². The summed E-state index contributed by atoms with van der Waals surface area (Å²) in [4.78, 5) is 10.6. The Morgan fingerprint density at radius 3 is 1.98 bits per heavy atom. The van der Waals surface area contributed by atoms with Crippen molar-refractivity contribution in [3.63, 3.8) is 0 Å². The molecule has 282 valence electrons. The number of hydrogen-bond donors (Lipinski definition) is 1. The molecule has 2 aliphatic rings. The normalized spacial score (nSPS) is 15.5. The fourth-order valence-corrected chi connectivity index (χ4v) is 9.36. The van der Waals surface area contributed by atoms with Crippen molar-refractivity contribution in [2.75, 3.05) is 0 Å². The molecule has 0 saturated heterocycles. The van der Waals surface area contributed by atoms with E-state index in [4.69, 9.17) is 14.4 Å². The minimum atomic E-state index is -0.923. The maximum Gasteiger partial charge on any atom is 0.184 e. The van der Waals surface area contributed by atoms with Crippen LogP contribution in [0.15, 0.2) is 215 Å². The lowest BCUT2D eigenvalue weighted by Crippen LogP contribution is -2.44. The molecule has 0 radical (unpaired) electrons. The van der Waals surface area contributed by atoms with Crippen molar-refractivity contribution in [3.05, 3.63) is 228 Å². The Bertz CT molecular complexity index is 3360. The van der Waals surface area contributed by atoms with Gasteiger partial charge in [-0.15, -0.1) is 0 Å². The van der Waals surface area contributed by atoms with E-state index in [1.54, 1.807) is 0 Å². The van der Waals surface area contributed by atoms with Crippen molar-refractivity contribution in [1.82, 2.24) is 5.32 Å². The van der Waals surface area contributed by atoms with E-state index in [2.05, 4.69) is 199 Å². The average Bonchev–Trinajstić information content (AvgIpc) is 3.90. The molecule has 10 aromatic rings.